The van der Waals surface area contributed by atoms with Gasteiger partial charge in [0, 0.05) is 6.54 Å². The van der Waals surface area contributed by atoms with Crippen molar-refractivity contribution in [1.29, 1.82) is 0 Å². The van der Waals surface area contributed by atoms with Gasteiger partial charge in [-0.15, -0.1) is 0 Å². The second kappa shape index (κ2) is 7.68. The van der Waals surface area contributed by atoms with Crippen molar-refractivity contribution in [2.45, 2.75) is 13.0 Å². The highest BCUT2D eigenvalue weighted by atomic mass is 16.5. The molecule has 1 rings (SSSR count). The van der Waals surface area contributed by atoms with Gasteiger partial charge >= 0.3 is 0 Å². The largest absolute Gasteiger partial charge is 0.491 e. The Bertz CT molecular complexity index is 382. The Morgan fingerprint density at radius 1 is 1.50 bits per heavy atom. The molecule has 0 radical (unpaired) electrons. The highest BCUT2D eigenvalue weighted by Gasteiger charge is 2.07. The third kappa shape index (κ3) is 5.65. The van der Waals surface area contributed by atoms with Crippen LogP contribution in [-0.2, 0) is 4.79 Å². The fourth-order valence-electron chi connectivity index (χ4n) is 1.41. The third-order valence-corrected chi connectivity index (χ3v) is 2.30. The van der Waals surface area contributed by atoms with Crippen LogP contribution < -0.4 is 15.4 Å². The average molecular weight is 252 g/mol. The molecular weight excluding hydrogens is 232 g/mol. The first-order valence-electron chi connectivity index (χ1n) is 5.90. The number of carbonyl (C=O) groups excluding carboxylic acids is 1. The van der Waals surface area contributed by atoms with Crippen LogP contribution in [0.3, 0.4) is 0 Å². The van der Waals surface area contributed by atoms with E-state index in [1.807, 2.05) is 31.2 Å². The molecule has 0 bridgehead atoms. The van der Waals surface area contributed by atoms with E-state index < -0.39 is 6.10 Å². The number of aliphatic hydroxyl groups excluding tert-OH is 1. The lowest BCUT2D eigenvalue weighted by Crippen LogP contribution is -2.39. The van der Waals surface area contributed by atoms with Crippen LogP contribution in [0.1, 0.15) is 5.56 Å². The zero-order valence-electron chi connectivity index (χ0n) is 10.8. The summed E-state index contributed by atoms with van der Waals surface area (Å²) in [6, 6.07) is 7.60. The van der Waals surface area contributed by atoms with Crippen LogP contribution in [0.2, 0.25) is 0 Å². The highest BCUT2D eigenvalue weighted by molar-refractivity contribution is 5.77. The number of ether oxygens (including phenoxy) is 1. The van der Waals surface area contributed by atoms with Gasteiger partial charge in [0.1, 0.15) is 18.5 Å². The standard InChI is InChI=1S/C13H20N2O3/c1-10-4-3-5-12(6-10)18-9-11(16)7-15-13(17)8-14-2/h3-6,11,14,16H,7-9H2,1-2H3,(H,15,17). The van der Waals surface area contributed by atoms with Crippen molar-refractivity contribution in [3.63, 3.8) is 0 Å². The number of hydrogen-bond donors (Lipinski definition) is 3. The van der Waals surface area contributed by atoms with Gasteiger partial charge in [0.15, 0.2) is 0 Å². The van der Waals surface area contributed by atoms with Gasteiger partial charge in [0.25, 0.3) is 0 Å². The van der Waals surface area contributed by atoms with Crippen LogP contribution in [0.4, 0.5) is 0 Å². The molecule has 3 N–H and O–H groups in total. The number of amides is 1. The monoisotopic (exact) mass is 252 g/mol. The maximum Gasteiger partial charge on any atom is 0.234 e. The predicted molar refractivity (Wildman–Crippen MR) is 69.6 cm³/mol. The highest BCUT2D eigenvalue weighted by Crippen LogP contribution is 2.12. The third-order valence-electron chi connectivity index (χ3n) is 2.30. The quantitative estimate of drug-likeness (QED) is 0.642. The number of nitrogens with one attached hydrogen (secondary N) is 2. The number of hydrogen-bond acceptors (Lipinski definition) is 4. The second-order valence-corrected chi connectivity index (χ2v) is 4.12. The van der Waals surface area contributed by atoms with E-state index in [0.29, 0.717) is 0 Å². The average Bonchev–Trinajstić information content (AvgIpc) is 2.34. The van der Waals surface area contributed by atoms with Crippen LogP contribution >= 0.6 is 0 Å². The van der Waals surface area contributed by atoms with E-state index in [2.05, 4.69) is 10.6 Å². The van der Waals surface area contributed by atoms with Crippen molar-refractivity contribution in [1.82, 2.24) is 10.6 Å². The zero-order chi connectivity index (χ0) is 13.4. The lowest BCUT2D eigenvalue weighted by Gasteiger charge is -2.13. The van der Waals surface area contributed by atoms with E-state index in [1.54, 1.807) is 7.05 Å². The summed E-state index contributed by atoms with van der Waals surface area (Å²) in [6.45, 7) is 2.56. The Morgan fingerprint density at radius 3 is 2.94 bits per heavy atom. The summed E-state index contributed by atoms with van der Waals surface area (Å²) in [5, 5.41) is 15.0. The molecule has 0 aliphatic rings. The lowest BCUT2D eigenvalue weighted by atomic mass is 10.2. The molecule has 100 valence electrons. The van der Waals surface area contributed by atoms with E-state index in [1.165, 1.54) is 0 Å². The number of aryl methyl sites for hydroxylation is 1. The molecule has 0 aromatic heterocycles. The molecule has 18 heavy (non-hydrogen) atoms. The van der Waals surface area contributed by atoms with Crippen LogP contribution in [0.5, 0.6) is 5.75 Å². The Labute approximate surface area is 107 Å². The Hall–Kier alpha value is -1.59. The van der Waals surface area contributed by atoms with Gasteiger partial charge in [-0.1, -0.05) is 12.1 Å². The molecule has 0 spiro atoms. The van der Waals surface area contributed by atoms with Crippen molar-refractivity contribution in [2.24, 2.45) is 0 Å². The van der Waals surface area contributed by atoms with Gasteiger partial charge in [0.2, 0.25) is 5.91 Å². The van der Waals surface area contributed by atoms with Gasteiger partial charge in [-0.05, 0) is 31.7 Å². The van der Waals surface area contributed by atoms with Crippen molar-refractivity contribution < 1.29 is 14.6 Å². The maximum absolute atomic E-state index is 11.1. The molecule has 0 saturated heterocycles. The smallest absolute Gasteiger partial charge is 0.234 e. The number of carbonyl (C=O) groups is 1. The number of rotatable bonds is 7. The summed E-state index contributed by atoms with van der Waals surface area (Å²) >= 11 is 0. The summed E-state index contributed by atoms with van der Waals surface area (Å²) in [6.07, 6.45) is -0.716. The molecule has 0 saturated carbocycles. The summed E-state index contributed by atoms with van der Waals surface area (Å²) < 4.78 is 5.42. The van der Waals surface area contributed by atoms with Crippen molar-refractivity contribution in [2.75, 3.05) is 26.7 Å². The Kier molecular flexibility index (Phi) is 6.18. The fraction of sp³-hybridized carbons (Fsp3) is 0.462. The van der Waals surface area contributed by atoms with E-state index in [9.17, 15) is 9.90 Å². The van der Waals surface area contributed by atoms with Gasteiger partial charge in [0.05, 0.1) is 6.54 Å². The molecular formula is C13H20N2O3. The van der Waals surface area contributed by atoms with Gasteiger partial charge in [-0.3, -0.25) is 4.79 Å². The number of aliphatic hydroxyl groups is 1. The Morgan fingerprint density at radius 2 is 2.28 bits per heavy atom. The summed E-state index contributed by atoms with van der Waals surface area (Å²) in [4.78, 5) is 11.1. The van der Waals surface area contributed by atoms with Crippen LogP contribution in [0.25, 0.3) is 0 Å². The lowest BCUT2D eigenvalue weighted by molar-refractivity contribution is -0.120. The summed E-state index contributed by atoms with van der Waals surface area (Å²) in [5.74, 6) is 0.572. The SMILES string of the molecule is CNCC(=O)NCC(O)COc1cccc(C)c1. The molecule has 1 unspecified atom stereocenters. The minimum Gasteiger partial charge on any atom is -0.491 e. The topological polar surface area (TPSA) is 70.6 Å². The molecule has 1 aromatic carbocycles. The molecule has 1 aromatic rings. The molecule has 0 aliphatic heterocycles. The summed E-state index contributed by atoms with van der Waals surface area (Å²) in [7, 11) is 1.69. The summed E-state index contributed by atoms with van der Waals surface area (Å²) in [5.41, 5.74) is 1.10. The molecule has 5 heteroatoms. The fourth-order valence-corrected chi connectivity index (χ4v) is 1.41. The first kappa shape index (κ1) is 14.5. The molecule has 0 heterocycles. The first-order chi connectivity index (χ1) is 8.61. The van der Waals surface area contributed by atoms with Crippen molar-refractivity contribution in [3.8, 4) is 5.75 Å². The van der Waals surface area contributed by atoms with Gasteiger partial charge in [-0.25, -0.2) is 0 Å². The first-order valence-corrected chi connectivity index (χ1v) is 5.90. The normalized spacial score (nSPS) is 11.9. The van der Waals surface area contributed by atoms with Gasteiger partial charge < -0.3 is 20.5 Å². The van der Waals surface area contributed by atoms with Crippen LogP contribution in [-0.4, -0.2) is 43.9 Å². The van der Waals surface area contributed by atoms with Crippen LogP contribution in [0.15, 0.2) is 24.3 Å². The minimum absolute atomic E-state index is 0.146. The number of likely N-dealkylation sites (N-methyl/N-ethyl adjacent to an activating group) is 1. The van der Waals surface area contributed by atoms with Crippen molar-refractivity contribution in [3.05, 3.63) is 29.8 Å². The molecule has 5 nitrogen and oxygen atoms in total. The van der Waals surface area contributed by atoms with E-state index >= 15 is 0 Å². The molecule has 0 aliphatic carbocycles. The van der Waals surface area contributed by atoms with E-state index in [4.69, 9.17) is 4.74 Å². The zero-order valence-corrected chi connectivity index (χ0v) is 10.8. The van der Waals surface area contributed by atoms with Gasteiger partial charge in [-0.2, -0.15) is 0 Å². The Balaban J connectivity index is 2.24. The second-order valence-electron chi connectivity index (χ2n) is 4.12. The minimum atomic E-state index is -0.716. The molecule has 1 amide bonds. The van der Waals surface area contributed by atoms with E-state index in [0.717, 1.165) is 11.3 Å². The maximum atomic E-state index is 11.1. The van der Waals surface area contributed by atoms with Crippen molar-refractivity contribution >= 4 is 5.91 Å². The number of benzene rings is 1. The van der Waals surface area contributed by atoms with Crippen LogP contribution in [0, 0.1) is 6.92 Å². The van der Waals surface area contributed by atoms with E-state index in [-0.39, 0.29) is 25.6 Å². The predicted octanol–water partition coefficient (Wildman–Crippen LogP) is 0.0703. The molecule has 0 fully saturated rings. The molecule has 1 atom stereocenters.